The number of rotatable bonds is 8. The second kappa shape index (κ2) is 9.45. The van der Waals surface area contributed by atoms with Gasteiger partial charge in [-0.3, -0.25) is 9.59 Å². The number of halogens is 1. The quantitative estimate of drug-likeness (QED) is 0.633. The number of alkyl halides is 1. The summed E-state index contributed by atoms with van der Waals surface area (Å²) in [6.07, 6.45) is 1.65. The van der Waals surface area contributed by atoms with E-state index in [0.29, 0.717) is 25.9 Å². The summed E-state index contributed by atoms with van der Waals surface area (Å²) in [7, 11) is 0. The normalized spacial score (nSPS) is 21.3. The molecule has 1 unspecified atom stereocenters. The fraction of sp³-hybridized carbons (Fsp3) is 0.417. The molecule has 0 spiro atoms. The number of carbonyl (C=O) groups excluding carboxylic acids is 1. The van der Waals surface area contributed by atoms with Crippen molar-refractivity contribution >= 4 is 23.4 Å². The van der Waals surface area contributed by atoms with Gasteiger partial charge in [-0.05, 0) is 55.4 Å². The Morgan fingerprint density at radius 2 is 1.93 bits per heavy atom. The predicted octanol–water partition coefficient (Wildman–Crippen LogP) is 4.75. The third kappa shape index (κ3) is 5.60. The Bertz CT molecular complexity index is 892. The Morgan fingerprint density at radius 3 is 2.66 bits per heavy atom. The lowest BCUT2D eigenvalue weighted by molar-refractivity contribution is -0.137. The standard InChI is InChI=1S/C24H27ClO4/c1-15-6-8-23(16(2)10-15)29-14-20-19(21(25)13-22(20)26)12-18-5-3-4-17(11-18)7-9-24(27)28/h3-6,8,10-11,19-21H,7,9,12-14H2,1-2H3,(H,27,28)/t19-,20-,21?/m1/s1. The Hall–Kier alpha value is -2.33. The van der Waals surface area contributed by atoms with Crippen molar-refractivity contribution in [3.8, 4) is 5.75 Å². The van der Waals surface area contributed by atoms with Crippen LogP contribution in [0.2, 0.25) is 0 Å². The first-order valence-corrected chi connectivity index (χ1v) is 10.4. The smallest absolute Gasteiger partial charge is 0.303 e. The van der Waals surface area contributed by atoms with Gasteiger partial charge in [-0.15, -0.1) is 11.6 Å². The van der Waals surface area contributed by atoms with Crippen LogP contribution in [0.4, 0.5) is 0 Å². The number of aryl methyl sites for hydroxylation is 3. The second-order valence-electron chi connectivity index (χ2n) is 7.95. The Morgan fingerprint density at radius 1 is 1.17 bits per heavy atom. The van der Waals surface area contributed by atoms with Gasteiger partial charge in [0.25, 0.3) is 0 Å². The van der Waals surface area contributed by atoms with E-state index in [2.05, 4.69) is 6.07 Å². The molecule has 1 aliphatic rings. The zero-order chi connectivity index (χ0) is 21.0. The molecule has 0 amide bonds. The van der Waals surface area contributed by atoms with Gasteiger partial charge in [0.15, 0.2) is 0 Å². The maximum atomic E-state index is 12.6. The molecule has 0 aliphatic heterocycles. The van der Waals surface area contributed by atoms with Crippen LogP contribution in [0.3, 0.4) is 0 Å². The molecule has 0 heterocycles. The molecule has 0 bridgehead atoms. The van der Waals surface area contributed by atoms with Gasteiger partial charge in [0.2, 0.25) is 0 Å². The lowest BCUT2D eigenvalue weighted by Gasteiger charge is -2.22. The van der Waals surface area contributed by atoms with Gasteiger partial charge in [0.1, 0.15) is 11.5 Å². The molecule has 3 rings (SSSR count). The van der Waals surface area contributed by atoms with E-state index in [0.717, 1.165) is 22.4 Å². The van der Waals surface area contributed by atoms with Crippen molar-refractivity contribution in [2.75, 3.05) is 6.61 Å². The van der Waals surface area contributed by atoms with Gasteiger partial charge in [0, 0.05) is 18.2 Å². The number of hydrogen-bond donors (Lipinski definition) is 1. The highest BCUT2D eigenvalue weighted by molar-refractivity contribution is 6.23. The van der Waals surface area contributed by atoms with Crippen molar-refractivity contribution in [3.05, 3.63) is 64.7 Å². The summed E-state index contributed by atoms with van der Waals surface area (Å²) in [5.41, 5.74) is 4.30. The summed E-state index contributed by atoms with van der Waals surface area (Å²) >= 11 is 6.54. The minimum atomic E-state index is -0.804. The summed E-state index contributed by atoms with van der Waals surface area (Å²) in [5, 5.41) is 8.68. The molecule has 1 aliphatic carbocycles. The molecule has 29 heavy (non-hydrogen) atoms. The Balaban J connectivity index is 1.69. The lowest BCUT2D eigenvalue weighted by Crippen LogP contribution is -2.26. The summed E-state index contributed by atoms with van der Waals surface area (Å²) in [6.45, 7) is 4.37. The van der Waals surface area contributed by atoms with E-state index in [1.54, 1.807) is 0 Å². The molecule has 0 aromatic heterocycles. The van der Waals surface area contributed by atoms with E-state index in [4.69, 9.17) is 21.4 Å². The van der Waals surface area contributed by atoms with E-state index >= 15 is 0 Å². The molecule has 0 saturated heterocycles. The van der Waals surface area contributed by atoms with Gasteiger partial charge < -0.3 is 9.84 Å². The van der Waals surface area contributed by atoms with Crippen molar-refractivity contribution in [1.29, 1.82) is 0 Å². The van der Waals surface area contributed by atoms with Crippen LogP contribution in [0.15, 0.2) is 42.5 Å². The van der Waals surface area contributed by atoms with Crippen LogP contribution in [0.1, 0.15) is 35.1 Å². The van der Waals surface area contributed by atoms with Crippen LogP contribution in [-0.2, 0) is 22.4 Å². The van der Waals surface area contributed by atoms with Crippen molar-refractivity contribution in [1.82, 2.24) is 0 Å². The van der Waals surface area contributed by atoms with Gasteiger partial charge in [-0.25, -0.2) is 0 Å². The Labute approximate surface area is 176 Å². The number of benzene rings is 2. The second-order valence-corrected chi connectivity index (χ2v) is 8.52. The van der Waals surface area contributed by atoms with Crippen molar-refractivity contribution in [2.45, 2.75) is 44.9 Å². The summed E-state index contributed by atoms with van der Waals surface area (Å²) in [4.78, 5) is 23.4. The topological polar surface area (TPSA) is 63.6 Å². The van der Waals surface area contributed by atoms with Crippen molar-refractivity contribution in [2.24, 2.45) is 11.8 Å². The number of ketones is 1. The van der Waals surface area contributed by atoms with Gasteiger partial charge in [-0.1, -0.05) is 42.0 Å². The first kappa shape index (κ1) is 21.4. The average Bonchev–Trinajstić information content (AvgIpc) is 2.93. The minimum absolute atomic E-state index is 0.00430. The highest BCUT2D eigenvalue weighted by atomic mass is 35.5. The molecular formula is C24H27ClO4. The molecule has 2 aromatic carbocycles. The molecule has 3 atom stereocenters. The van der Waals surface area contributed by atoms with E-state index < -0.39 is 5.97 Å². The lowest BCUT2D eigenvalue weighted by atomic mass is 9.89. The maximum Gasteiger partial charge on any atom is 0.303 e. The van der Waals surface area contributed by atoms with Crippen molar-refractivity contribution in [3.63, 3.8) is 0 Å². The first-order chi connectivity index (χ1) is 13.8. The molecule has 1 N–H and O–H groups in total. The highest BCUT2D eigenvalue weighted by Gasteiger charge is 2.41. The molecule has 5 heteroatoms. The number of hydrogen-bond acceptors (Lipinski definition) is 3. The number of ether oxygens (including phenoxy) is 1. The third-order valence-electron chi connectivity index (χ3n) is 5.63. The van der Waals surface area contributed by atoms with Crippen LogP contribution in [0.5, 0.6) is 5.75 Å². The molecule has 1 fully saturated rings. The van der Waals surface area contributed by atoms with Gasteiger partial charge in [-0.2, -0.15) is 0 Å². The van der Waals surface area contributed by atoms with Gasteiger partial charge in [0.05, 0.1) is 12.5 Å². The largest absolute Gasteiger partial charge is 0.493 e. The zero-order valence-corrected chi connectivity index (χ0v) is 17.6. The third-order valence-corrected chi connectivity index (χ3v) is 6.11. The average molecular weight is 415 g/mol. The maximum absolute atomic E-state index is 12.6. The van der Waals surface area contributed by atoms with Crippen LogP contribution >= 0.6 is 11.6 Å². The number of aliphatic carboxylic acids is 1. The van der Waals surface area contributed by atoms with Crippen LogP contribution in [0.25, 0.3) is 0 Å². The molecule has 0 radical (unpaired) electrons. The fourth-order valence-electron chi connectivity index (χ4n) is 4.05. The minimum Gasteiger partial charge on any atom is -0.493 e. The van der Waals surface area contributed by atoms with Crippen LogP contribution < -0.4 is 4.74 Å². The van der Waals surface area contributed by atoms with Gasteiger partial charge >= 0.3 is 5.97 Å². The van der Waals surface area contributed by atoms with E-state index in [9.17, 15) is 9.59 Å². The molecule has 154 valence electrons. The van der Waals surface area contributed by atoms with E-state index in [1.807, 2.05) is 50.2 Å². The highest BCUT2D eigenvalue weighted by Crippen LogP contribution is 2.36. The zero-order valence-electron chi connectivity index (χ0n) is 16.9. The van der Waals surface area contributed by atoms with Crippen LogP contribution in [-0.4, -0.2) is 28.8 Å². The first-order valence-electron chi connectivity index (χ1n) is 10.00. The summed E-state index contributed by atoms with van der Waals surface area (Å²) in [6, 6.07) is 13.9. The number of Topliss-reactive ketones (excluding diaryl/α,β-unsaturated/α-hetero) is 1. The van der Waals surface area contributed by atoms with Crippen LogP contribution in [0, 0.1) is 25.7 Å². The number of carboxylic acid groups (broad SMARTS) is 1. The monoisotopic (exact) mass is 414 g/mol. The summed E-state index contributed by atoms with van der Waals surface area (Å²) < 4.78 is 6.01. The Kier molecular flexibility index (Phi) is 6.96. The molecular weight excluding hydrogens is 388 g/mol. The number of carbonyl (C=O) groups is 2. The molecule has 4 nitrogen and oxygen atoms in total. The van der Waals surface area contributed by atoms with Crippen molar-refractivity contribution < 1.29 is 19.4 Å². The van der Waals surface area contributed by atoms with E-state index in [-0.39, 0.29) is 29.4 Å². The van der Waals surface area contributed by atoms with E-state index in [1.165, 1.54) is 5.56 Å². The predicted molar refractivity (Wildman–Crippen MR) is 114 cm³/mol. The molecule has 2 aromatic rings. The summed E-state index contributed by atoms with van der Waals surface area (Å²) in [5.74, 6) is -0.0793. The fourth-order valence-corrected chi connectivity index (χ4v) is 4.47. The molecule has 1 saturated carbocycles. The SMILES string of the molecule is Cc1ccc(OC[C@H]2C(=O)CC(Cl)[C@@H]2Cc2cccc(CCC(=O)O)c2)c(C)c1. The number of carboxylic acids is 1.